The van der Waals surface area contributed by atoms with Gasteiger partial charge in [0.15, 0.2) is 6.10 Å². The molecule has 0 saturated heterocycles. The highest BCUT2D eigenvalue weighted by molar-refractivity contribution is 5.99. The molecule has 2 amide bonds. The predicted octanol–water partition coefficient (Wildman–Crippen LogP) is 2.23. The molecule has 0 unspecified atom stereocenters. The molecule has 118 valence electrons. The minimum absolute atomic E-state index is 0.0820. The van der Waals surface area contributed by atoms with Crippen molar-refractivity contribution in [2.45, 2.75) is 19.1 Å². The number of carbonyl (C=O) groups excluding carboxylic acids is 2. The molecule has 0 spiro atoms. The van der Waals surface area contributed by atoms with E-state index in [0.29, 0.717) is 11.4 Å². The van der Waals surface area contributed by atoms with Crippen LogP contribution in [-0.4, -0.2) is 17.9 Å². The van der Waals surface area contributed by atoms with Crippen LogP contribution in [0.2, 0.25) is 0 Å². The molecule has 2 aromatic carbocycles. The van der Waals surface area contributed by atoms with Gasteiger partial charge in [0.1, 0.15) is 11.6 Å². The molecule has 0 radical (unpaired) electrons. The molecular formula is C17H15FN2O3. The summed E-state index contributed by atoms with van der Waals surface area (Å²) in [5.41, 5.74) is 1.37. The maximum atomic E-state index is 12.8. The Hall–Kier alpha value is -2.89. The number of hydrogen-bond acceptors (Lipinski definition) is 3. The van der Waals surface area contributed by atoms with Crippen LogP contribution in [0.15, 0.2) is 48.5 Å². The lowest BCUT2D eigenvalue weighted by molar-refractivity contribution is -0.130. The molecule has 6 heteroatoms. The van der Waals surface area contributed by atoms with E-state index in [-0.39, 0.29) is 30.6 Å². The molecule has 1 aliphatic heterocycles. The van der Waals surface area contributed by atoms with Crippen LogP contribution in [0.4, 0.5) is 10.1 Å². The lowest BCUT2D eigenvalue weighted by atomic mass is 10.1. The summed E-state index contributed by atoms with van der Waals surface area (Å²) in [5.74, 6) is -0.441. The third-order valence-corrected chi connectivity index (χ3v) is 3.48. The molecule has 2 aromatic rings. The summed E-state index contributed by atoms with van der Waals surface area (Å²) in [4.78, 5) is 23.9. The van der Waals surface area contributed by atoms with Crippen LogP contribution in [0.1, 0.15) is 12.0 Å². The highest BCUT2D eigenvalue weighted by Gasteiger charge is 2.29. The van der Waals surface area contributed by atoms with Gasteiger partial charge in [0.2, 0.25) is 5.91 Å². The van der Waals surface area contributed by atoms with Gasteiger partial charge in [-0.2, -0.15) is 0 Å². The molecule has 0 fully saturated rings. The van der Waals surface area contributed by atoms with Crippen LogP contribution in [0.3, 0.4) is 0 Å². The van der Waals surface area contributed by atoms with E-state index in [9.17, 15) is 14.0 Å². The Bertz CT molecular complexity index is 731. The number of anilines is 1. The van der Waals surface area contributed by atoms with Gasteiger partial charge >= 0.3 is 0 Å². The molecule has 0 saturated carbocycles. The van der Waals surface area contributed by atoms with E-state index >= 15 is 0 Å². The van der Waals surface area contributed by atoms with Crippen molar-refractivity contribution in [3.05, 3.63) is 59.9 Å². The van der Waals surface area contributed by atoms with Crippen LogP contribution in [0, 0.1) is 5.82 Å². The molecule has 2 N–H and O–H groups in total. The van der Waals surface area contributed by atoms with Crippen molar-refractivity contribution in [2.75, 3.05) is 5.32 Å². The fourth-order valence-electron chi connectivity index (χ4n) is 2.27. The van der Waals surface area contributed by atoms with Crippen molar-refractivity contribution in [3.63, 3.8) is 0 Å². The summed E-state index contributed by atoms with van der Waals surface area (Å²) < 4.78 is 18.4. The minimum atomic E-state index is -0.863. The quantitative estimate of drug-likeness (QED) is 0.909. The molecule has 0 aliphatic carbocycles. The summed E-state index contributed by atoms with van der Waals surface area (Å²) in [6.07, 6.45) is -0.945. The standard InChI is InChI=1S/C17H15FN2O3/c18-12-7-5-11(6-8-12)10-19-16(21)9-15-17(22)20-13-3-1-2-4-14(13)23-15/h1-8,15H,9-10H2,(H,19,21)(H,20,22)/t15-/m0/s1. The van der Waals surface area contributed by atoms with Gasteiger partial charge in [0, 0.05) is 6.54 Å². The van der Waals surface area contributed by atoms with Gasteiger partial charge < -0.3 is 15.4 Å². The number of fused-ring (bicyclic) bond motifs is 1. The number of ether oxygens (including phenoxy) is 1. The predicted molar refractivity (Wildman–Crippen MR) is 82.4 cm³/mol. The SMILES string of the molecule is O=C(C[C@@H]1Oc2ccccc2NC1=O)NCc1ccc(F)cc1. The average molecular weight is 314 g/mol. The Morgan fingerprint density at radius 1 is 1.17 bits per heavy atom. The van der Waals surface area contributed by atoms with E-state index in [1.165, 1.54) is 12.1 Å². The largest absolute Gasteiger partial charge is 0.478 e. The van der Waals surface area contributed by atoms with Crippen molar-refractivity contribution >= 4 is 17.5 Å². The van der Waals surface area contributed by atoms with E-state index in [0.717, 1.165) is 5.56 Å². The van der Waals surface area contributed by atoms with Gasteiger partial charge in [-0.05, 0) is 29.8 Å². The first-order valence-corrected chi connectivity index (χ1v) is 7.19. The maximum absolute atomic E-state index is 12.8. The number of nitrogens with one attached hydrogen (secondary N) is 2. The van der Waals surface area contributed by atoms with E-state index in [1.54, 1.807) is 36.4 Å². The number of hydrogen-bond donors (Lipinski definition) is 2. The highest BCUT2D eigenvalue weighted by atomic mass is 19.1. The van der Waals surface area contributed by atoms with Gasteiger partial charge in [-0.1, -0.05) is 24.3 Å². The molecule has 23 heavy (non-hydrogen) atoms. The van der Waals surface area contributed by atoms with E-state index < -0.39 is 6.10 Å². The fourth-order valence-corrected chi connectivity index (χ4v) is 2.27. The van der Waals surface area contributed by atoms with Crippen LogP contribution in [-0.2, 0) is 16.1 Å². The Labute approximate surface area is 132 Å². The Balaban J connectivity index is 1.56. The Morgan fingerprint density at radius 2 is 1.91 bits per heavy atom. The molecule has 3 rings (SSSR count). The summed E-state index contributed by atoms with van der Waals surface area (Å²) in [7, 11) is 0. The second kappa shape index (κ2) is 6.48. The second-order valence-corrected chi connectivity index (χ2v) is 5.20. The van der Waals surface area contributed by atoms with Gasteiger partial charge in [-0.15, -0.1) is 0 Å². The fraction of sp³-hybridized carbons (Fsp3) is 0.176. The molecule has 1 aliphatic rings. The zero-order valence-corrected chi connectivity index (χ0v) is 12.2. The first-order chi connectivity index (χ1) is 11.1. The lowest BCUT2D eigenvalue weighted by Gasteiger charge is -2.25. The van der Waals surface area contributed by atoms with Crippen molar-refractivity contribution in [3.8, 4) is 5.75 Å². The monoisotopic (exact) mass is 314 g/mol. The Kier molecular flexibility index (Phi) is 4.23. The average Bonchev–Trinajstić information content (AvgIpc) is 2.55. The smallest absolute Gasteiger partial charge is 0.266 e. The molecule has 1 atom stereocenters. The number of benzene rings is 2. The number of carbonyl (C=O) groups is 2. The van der Waals surface area contributed by atoms with E-state index in [1.807, 2.05) is 0 Å². The van der Waals surface area contributed by atoms with Crippen molar-refractivity contribution in [1.82, 2.24) is 5.32 Å². The van der Waals surface area contributed by atoms with Crippen LogP contribution < -0.4 is 15.4 Å². The molecule has 0 bridgehead atoms. The van der Waals surface area contributed by atoms with Gasteiger partial charge in [-0.25, -0.2) is 4.39 Å². The molecule has 1 heterocycles. The lowest BCUT2D eigenvalue weighted by Crippen LogP contribution is -2.40. The first kappa shape index (κ1) is 15.0. The number of rotatable bonds is 4. The maximum Gasteiger partial charge on any atom is 0.266 e. The zero-order chi connectivity index (χ0) is 16.2. The Morgan fingerprint density at radius 3 is 2.70 bits per heavy atom. The molecular weight excluding hydrogens is 299 g/mol. The second-order valence-electron chi connectivity index (χ2n) is 5.20. The van der Waals surface area contributed by atoms with E-state index in [2.05, 4.69) is 10.6 Å². The highest BCUT2D eigenvalue weighted by Crippen LogP contribution is 2.29. The summed E-state index contributed by atoms with van der Waals surface area (Å²) in [6.45, 7) is 0.268. The summed E-state index contributed by atoms with van der Waals surface area (Å²) in [6, 6.07) is 12.9. The molecule has 0 aromatic heterocycles. The number of para-hydroxylation sites is 2. The van der Waals surface area contributed by atoms with Crippen molar-refractivity contribution in [2.24, 2.45) is 0 Å². The van der Waals surface area contributed by atoms with Crippen molar-refractivity contribution < 1.29 is 18.7 Å². The van der Waals surface area contributed by atoms with Gasteiger partial charge in [0.05, 0.1) is 12.1 Å². The van der Waals surface area contributed by atoms with Crippen molar-refractivity contribution in [1.29, 1.82) is 0 Å². The normalized spacial score (nSPS) is 16.0. The van der Waals surface area contributed by atoms with E-state index in [4.69, 9.17) is 4.74 Å². The zero-order valence-electron chi connectivity index (χ0n) is 12.2. The first-order valence-electron chi connectivity index (χ1n) is 7.19. The van der Waals surface area contributed by atoms with Gasteiger partial charge in [0.25, 0.3) is 5.91 Å². The summed E-state index contributed by atoms with van der Waals surface area (Å²) >= 11 is 0. The number of amides is 2. The third-order valence-electron chi connectivity index (χ3n) is 3.48. The summed E-state index contributed by atoms with van der Waals surface area (Å²) in [5, 5.41) is 5.40. The van der Waals surface area contributed by atoms with Gasteiger partial charge in [-0.3, -0.25) is 9.59 Å². The third kappa shape index (κ3) is 3.66. The molecule has 5 nitrogen and oxygen atoms in total. The van der Waals surface area contributed by atoms with Crippen LogP contribution in [0.5, 0.6) is 5.75 Å². The topological polar surface area (TPSA) is 67.4 Å². The number of halogens is 1. The minimum Gasteiger partial charge on any atom is -0.478 e. The van der Waals surface area contributed by atoms with Crippen LogP contribution >= 0.6 is 0 Å². The van der Waals surface area contributed by atoms with Crippen LogP contribution in [0.25, 0.3) is 0 Å².